The van der Waals surface area contributed by atoms with Gasteiger partial charge in [0.1, 0.15) is 0 Å². The Kier molecular flexibility index (Phi) is 3.76. The maximum Gasteiger partial charge on any atom is 0.0544 e. The molecule has 1 aliphatic carbocycles. The number of nitrogens with zero attached hydrogens (tertiary/aromatic N) is 1. The highest BCUT2D eigenvalue weighted by molar-refractivity contribution is 7.98. The Morgan fingerprint density at radius 3 is 2.70 bits per heavy atom. The predicted octanol–water partition coefficient (Wildman–Crippen LogP) is 5.74. The predicted molar refractivity (Wildman–Crippen MR) is 98.2 cm³/mol. The minimum atomic E-state index is 0.195. The molecule has 0 saturated heterocycles. The van der Waals surface area contributed by atoms with Crippen LogP contribution in [-0.2, 0) is 18.6 Å². The molecule has 0 bridgehead atoms. The first-order valence-electron chi connectivity index (χ1n) is 8.77. The number of fused-ring (bicyclic) bond motifs is 4. The summed E-state index contributed by atoms with van der Waals surface area (Å²) in [6, 6.07) is 9.23. The summed E-state index contributed by atoms with van der Waals surface area (Å²) in [5.74, 6) is 1.44. The van der Waals surface area contributed by atoms with E-state index in [1.54, 1.807) is 16.0 Å². The van der Waals surface area contributed by atoms with Gasteiger partial charge in [0.05, 0.1) is 5.69 Å². The minimum Gasteiger partial charge on any atom is -0.260 e. The second-order valence-corrected chi connectivity index (χ2v) is 8.94. The number of pyridine rings is 1. The summed E-state index contributed by atoms with van der Waals surface area (Å²) >= 11 is 2.02. The highest BCUT2D eigenvalue weighted by Gasteiger charge is 2.35. The SMILES string of the molecule is CC(C)(C)C1c2cccnc2CSc2c1ccc1c2CCCC1. The van der Waals surface area contributed by atoms with E-state index >= 15 is 0 Å². The number of thioether (sulfide) groups is 1. The number of benzene rings is 1. The maximum atomic E-state index is 4.72. The molecule has 0 radical (unpaired) electrons. The van der Waals surface area contributed by atoms with Gasteiger partial charge in [0.25, 0.3) is 0 Å². The van der Waals surface area contributed by atoms with Crippen molar-refractivity contribution in [1.82, 2.24) is 4.98 Å². The highest BCUT2D eigenvalue weighted by atomic mass is 32.2. The molecule has 0 fully saturated rings. The number of aryl methyl sites for hydroxylation is 1. The van der Waals surface area contributed by atoms with Crippen molar-refractivity contribution in [3.05, 3.63) is 58.4 Å². The normalized spacial score (nSPS) is 20.2. The summed E-state index contributed by atoms with van der Waals surface area (Å²) in [5.41, 5.74) is 7.67. The van der Waals surface area contributed by atoms with Crippen molar-refractivity contribution in [3.63, 3.8) is 0 Å². The van der Waals surface area contributed by atoms with Gasteiger partial charge in [-0.3, -0.25) is 4.98 Å². The Balaban J connectivity index is 1.96. The molecule has 0 spiro atoms. The topological polar surface area (TPSA) is 12.9 Å². The summed E-state index contributed by atoms with van der Waals surface area (Å²) in [5, 5.41) is 0. The van der Waals surface area contributed by atoms with Crippen LogP contribution >= 0.6 is 11.8 Å². The molecule has 4 rings (SSSR count). The summed E-state index contributed by atoms with van der Waals surface area (Å²) in [4.78, 5) is 6.29. The van der Waals surface area contributed by atoms with E-state index in [1.165, 1.54) is 42.5 Å². The van der Waals surface area contributed by atoms with Crippen LogP contribution in [-0.4, -0.2) is 4.98 Å². The third-order valence-corrected chi connectivity index (χ3v) is 6.47. The van der Waals surface area contributed by atoms with Crippen LogP contribution < -0.4 is 0 Å². The van der Waals surface area contributed by atoms with Gasteiger partial charge in [-0.15, -0.1) is 11.8 Å². The van der Waals surface area contributed by atoms with E-state index < -0.39 is 0 Å². The molecule has 0 N–H and O–H groups in total. The van der Waals surface area contributed by atoms with E-state index in [0.717, 1.165) is 5.75 Å². The third-order valence-electron chi connectivity index (χ3n) is 5.28. The molecule has 2 aliphatic rings. The molecule has 1 atom stereocenters. The van der Waals surface area contributed by atoms with Crippen molar-refractivity contribution in [2.75, 3.05) is 0 Å². The average Bonchev–Trinajstić information content (AvgIpc) is 2.71. The Bertz CT molecular complexity index is 742. The van der Waals surface area contributed by atoms with E-state index in [9.17, 15) is 0 Å². The van der Waals surface area contributed by atoms with Crippen LogP contribution in [0.25, 0.3) is 0 Å². The molecule has 1 aromatic heterocycles. The molecule has 1 aromatic carbocycles. The zero-order valence-electron chi connectivity index (χ0n) is 14.4. The van der Waals surface area contributed by atoms with Gasteiger partial charge in [0, 0.05) is 22.8 Å². The van der Waals surface area contributed by atoms with Crippen LogP contribution in [0.1, 0.15) is 67.5 Å². The monoisotopic (exact) mass is 323 g/mol. The van der Waals surface area contributed by atoms with Crippen LogP contribution in [0.5, 0.6) is 0 Å². The first kappa shape index (κ1) is 15.3. The van der Waals surface area contributed by atoms with Crippen LogP contribution in [0.3, 0.4) is 0 Å². The highest BCUT2D eigenvalue weighted by Crippen LogP contribution is 2.50. The van der Waals surface area contributed by atoms with E-state index in [2.05, 4.69) is 45.0 Å². The minimum absolute atomic E-state index is 0.195. The van der Waals surface area contributed by atoms with E-state index in [0.29, 0.717) is 5.92 Å². The molecule has 120 valence electrons. The van der Waals surface area contributed by atoms with Gasteiger partial charge >= 0.3 is 0 Å². The van der Waals surface area contributed by atoms with Crippen LogP contribution in [0.4, 0.5) is 0 Å². The molecule has 0 amide bonds. The van der Waals surface area contributed by atoms with Gasteiger partial charge < -0.3 is 0 Å². The largest absolute Gasteiger partial charge is 0.260 e. The molecular weight excluding hydrogens is 298 g/mol. The Morgan fingerprint density at radius 1 is 1.04 bits per heavy atom. The standard InChI is InChI=1S/C21H25NS/c1-21(2,3)19-16-9-6-12-22-18(16)13-23-20-15-8-5-4-7-14(15)10-11-17(19)20/h6,9-12,19H,4-5,7-8,13H2,1-3H3. The second-order valence-electron chi connectivity index (χ2n) is 7.96. The average molecular weight is 324 g/mol. The third kappa shape index (κ3) is 2.61. The molecule has 0 saturated carbocycles. The van der Waals surface area contributed by atoms with Gasteiger partial charge in [-0.05, 0) is 59.4 Å². The van der Waals surface area contributed by atoms with E-state index in [1.807, 2.05) is 18.0 Å². The number of rotatable bonds is 0. The number of hydrogen-bond acceptors (Lipinski definition) is 2. The molecule has 23 heavy (non-hydrogen) atoms. The van der Waals surface area contributed by atoms with Crippen molar-refractivity contribution < 1.29 is 0 Å². The smallest absolute Gasteiger partial charge is 0.0544 e. The van der Waals surface area contributed by atoms with E-state index in [-0.39, 0.29) is 5.41 Å². The van der Waals surface area contributed by atoms with Crippen molar-refractivity contribution in [2.45, 2.75) is 63.0 Å². The molecule has 2 heterocycles. The first-order valence-corrected chi connectivity index (χ1v) is 9.75. The molecule has 1 aliphatic heterocycles. The molecule has 1 nitrogen and oxygen atoms in total. The lowest BCUT2D eigenvalue weighted by Gasteiger charge is -2.33. The summed E-state index contributed by atoms with van der Waals surface area (Å²) in [6.07, 6.45) is 7.15. The molecule has 1 unspecified atom stereocenters. The van der Waals surface area contributed by atoms with Gasteiger partial charge in [-0.2, -0.15) is 0 Å². The maximum absolute atomic E-state index is 4.72. The fourth-order valence-corrected chi connectivity index (χ4v) is 5.57. The van der Waals surface area contributed by atoms with Gasteiger partial charge in [0.15, 0.2) is 0 Å². The molecule has 2 aromatic rings. The zero-order chi connectivity index (χ0) is 16.0. The fraction of sp³-hybridized carbons (Fsp3) is 0.476. The second kappa shape index (κ2) is 5.66. The summed E-state index contributed by atoms with van der Waals surface area (Å²) < 4.78 is 0. The van der Waals surface area contributed by atoms with Gasteiger partial charge in [-0.25, -0.2) is 0 Å². The van der Waals surface area contributed by atoms with E-state index in [4.69, 9.17) is 4.98 Å². The Morgan fingerprint density at radius 2 is 1.87 bits per heavy atom. The Labute approximate surface area is 143 Å². The van der Waals surface area contributed by atoms with Crippen molar-refractivity contribution in [2.24, 2.45) is 5.41 Å². The number of hydrogen-bond donors (Lipinski definition) is 0. The van der Waals surface area contributed by atoms with Crippen LogP contribution in [0.2, 0.25) is 0 Å². The fourth-order valence-electron chi connectivity index (χ4n) is 4.28. The lowest BCUT2D eigenvalue weighted by Crippen LogP contribution is -2.21. The van der Waals surface area contributed by atoms with Gasteiger partial charge in [-0.1, -0.05) is 39.0 Å². The van der Waals surface area contributed by atoms with Crippen molar-refractivity contribution in [1.29, 1.82) is 0 Å². The van der Waals surface area contributed by atoms with Gasteiger partial charge in [0.2, 0.25) is 0 Å². The van der Waals surface area contributed by atoms with Crippen molar-refractivity contribution in [3.8, 4) is 0 Å². The zero-order valence-corrected chi connectivity index (χ0v) is 15.2. The Hall–Kier alpha value is -1.28. The lowest BCUT2D eigenvalue weighted by molar-refractivity contribution is 0.354. The van der Waals surface area contributed by atoms with Crippen molar-refractivity contribution >= 4 is 11.8 Å². The quantitative estimate of drug-likeness (QED) is 0.613. The number of aromatic nitrogens is 1. The molecule has 2 heteroatoms. The first-order chi connectivity index (χ1) is 11.1. The lowest BCUT2D eigenvalue weighted by atomic mass is 9.71. The summed E-state index contributed by atoms with van der Waals surface area (Å²) in [7, 11) is 0. The molecular formula is C21H25NS. The summed E-state index contributed by atoms with van der Waals surface area (Å²) in [6.45, 7) is 7.11. The van der Waals surface area contributed by atoms with Crippen LogP contribution in [0, 0.1) is 5.41 Å². The van der Waals surface area contributed by atoms with Crippen LogP contribution in [0.15, 0.2) is 35.4 Å².